The van der Waals surface area contributed by atoms with E-state index in [0.29, 0.717) is 0 Å². The maximum absolute atomic E-state index is 5.99. The van der Waals surface area contributed by atoms with Crippen molar-refractivity contribution < 1.29 is 21.5 Å². The van der Waals surface area contributed by atoms with E-state index in [-0.39, 0.29) is 17.0 Å². The van der Waals surface area contributed by atoms with Crippen molar-refractivity contribution in [3.8, 4) is 11.4 Å². The molecule has 2 rings (SSSR count). The van der Waals surface area contributed by atoms with E-state index in [4.69, 9.17) is 11.6 Å². The zero-order valence-corrected chi connectivity index (χ0v) is 19.2. The highest BCUT2D eigenvalue weighted by Gasteiger charge is 2.12. The molecule has 152 valence electrons. The molecular formula is C23H36BrClN2. The van der Waals surface area contributed by atoms with Gasteiger partial charge in [-0.25, -0.2) is 9.55 Å². The fourth-order valence-corrected chi connectivity index (χ4v) is 3.66. The molecular weight excluding hydrogens is 420 g/mol. The summed E-state index contributed by atoms with van der Waals surface area (Å²) in [5.41, 5.74) is 1.19. The van der Waals surface area contributed by atoms with Crippen molar-refractivity contribution in [2.75, 3.05) is 0 Å². The van der Waals surface area contributed by atoms with E-state index in [1.807, 2.05) is 18.3 Å². The first-order valence-electron chi connectivity index (χ1n) is 10.6. The van der Waals surface area contributed by atoms with Gasteiger partial charge in [-0.1, -0.05) is 82.7 Å². The maximum atomic E-state index is 5.99. The smallest absolute Gasteiger partial charge is 0.286 e. The highest BCUT2D eigenvalue weighted by Crippen LogP contribution is 2.17. The van der Waals surface area contributed by atoms with E-state index < -0.39 is 0 Å². The Hall–Kier alpha value is -0.800. The van der Waals surface area contributed by atoms with Crippen LogP contribution in [0.1, 0.15) is 84.0 Å². The zero-order chi connectivity index (χ0) is 18.5. The van der Waals surface area contributed by atoms with Gasteiger partial charge in [0.2, 0.25) is 0 Å². The van der Waals surface area contributed by atoms with Crippen LogP contribution < -0.4 is 21.5 Å². The lowest BCUT2D eigenvalue weighted by molar-refractivity contribution is -0.685. The molecule has 1 heterocycles. The average Bonchev–Trinajstić information content (AvgIpc) is 3.12. The van der Waals surface area contributed by atoms with E-state index in [1.165, 1.54) is 88.4 Å². The Labute approximate surface area is 181 Å². The summed E-state index contributed by atoms with van der Waals surface area (Å²) in [6.45, 7) is 3.37. The Kier molecular flexibility index (Phi) is 13.6. The Morgan fingerprint density at radius 2 is 1.30 bits per heavy atom. The standard InChI is InChI=1S/C23H35ClN2.BrH/c1-2-3-4-5-6-7-8-9-10-11-12-13-19-26-20-18-25-23(26)21-14-16-22(24)17-15-21;/h14-18,20H,2-13,19H2,1H3;1H. The number of aromatic amines is 1. The number of H-pyrrole nitrogens is 1. The third-order valence-corrected chi connectivity index (χ3v) is 5.38. The number of aryl methyl sites for hydroxylation is 1. The number of halogens is 2. The van der Waals surface area contributed by atoms with Crippen molar-refractivity contribution in [2.24, 2.45) is 0 Å². The Morgan fingerprint density at radius 1 is 0.778 bits per heavy atom. The number of hydrogen-bond donors (Lipinski definition) is 1. The number of benzene rings is 1. The molecule has 0 aliphatic heterocycles. The quantitative estimate of drug-likeness (QED) is 0.323. The van der Waals surface area contributed by atoms with Gasteiger partial charge in [0.1, 0.15) is 12.4 Å². The normalized spacial score (nSPS) is 10.7. The molecule has 27 heavy (non-hydrogen) atoms. The second-order valence-electron chi connectivity index (χ2n) is 7.40. The summed E-state index contributed by atoms with van der Waals surface area (Å²) in [6, 6.07) is 8.05. The van der Waals surface area contributed by atoms with Gasteiger partial charge in [-0.2, -0.15) is 0 Å². The molecule has 0 bridgehead atoms. The lowest BCUT2D eigenvalue weighted by atomic mass is 10.1. The van der Waals surface area contributed by atoms with Gasteiger partial charge in [0, 0.05) is 5.02 Å². The largest absolute Gasteiger partial charge is 1.00 e. The highest BCUT2D eigenvalue weighted by atomic mass is 79.9. The number of rotatable bonds is 14. The molecule has 0 atom stereocenters. The van der Waals surface area contributed by atoms with Gasteiger partial charge < -0.3 is 17.0 Å². The Morgan fingerprint density at radius 3 is 1.85 bits per heavy atom. The topological polar surface area (TPSA) is 19.7 Å². The summed E-state index contributed by atoms with van der Waals surface area (Å²) < 4.78 is 2.32. The second-order valence-corrected chi connectivity index (χ2v) is 7.83. The lowest BCUT2D eigenvalue weighted by Gasteiger charge is -2.03. The summed E-state index contributed by atoms with van der Waals surface area (Å²) in [4.78, 5) is 3.35. The first kappa shape index (κ1) is 24.2. The number of imidazole rings is 1. The molecule has 0 aliphatic carbocycles. The SMILES string of the molecule is CCCCCCCCCCCCCC[n+]1cc[nH]c1-c1ccc(Cl)cc1.[Br-]. The van der Waals surface area contributed by atoms with Crippen molar-refractivity contribution in [3.63, 3.8) is 0 Å². The molecule has 0 fully saturated rings. The third kappa shape index (κ3) is 9.80. The summed E-state index contributed by atoms with van der Waals surface area (Å²) in [5.74, 6) is 1.17. The van der Waals surface area contributed by atoms with Gasteiger partial charge in [0.15, 0.2) is 0 Å². The molecule has 0 spiro atoms. The highest BCUT2D eigenvalue weighted by molar-refractivity contribution is 6.30. The van der Waals surface area contributed by atoms with Crippen LogP contribution in [0.15, 0.2) is 36.7 Å². The average molecular weight is 456 g/mol. The molecule has 0 radical (unpaired) electrons. The summed E-state index contributed by atoms with van der Waals surface area (Å²) in [7, 11) is 0. The van der Waals surface area contributed by atoms with Crippen molar-refractivity contribution in [1.29, 1.82) is 0 Å². The van der Waals surface area contributed by atoms with Gasteiger partial charge in [-0.15, -0.1) is 0 Å². The van der Waals surface area contributed by atoms with Crippen molar-refractivity contribution >= 4 is 11.6 Å². The van der Waals surface area contributed by atoms with E-state index in [2.05, 4.69) is 34.8 Å². The molecule has 0 amide bonds. The minimum atomic E-state index is 0. The van der Waals surface area contributed by atoms with E-state index >= 15 is 0 Å². The van der Waals surface area contributed by atoms with Crippen molar-refractivity contribution in [3.05, 3.63) is 41.7 Å². The molecule has 4 heteroatoms. The van der Waals surface area contributed by atoms with E-state index in [1.54, 1.807) is 0 Å². The molecule has 0 saturated heterocycles. The predicted octanol–water partition coefficient (Wildman–Crippen LogP) is 4.33. The third-order valence-electron chi connectivity index (χ3n) is 5.13. The monoisotopic (exact) mass is 454 g/mol. The molecule has 0 unspecified atom stereocenters. The Bertz CT molecular complexity index is 595. The molecule has 2 nitrogen and oxygen atoms in total. The number of unbranched alkanes of at least 4 members (excludes halogenated alkanes) is 11. The molecule has 0 aliphatic rings. The van der Waals surface area contributed by atoms with Gasteiger partial charge in [0.25, 0.3) is 5.82 Å². The lowest BCUT2D eigenvalue weighted by Crippen LogP contribution is -3.00. The predicted molar refractivity (Wildman–Crippen MR) is 113 cm³/mol. The molecule has 2 aromatic rings. The van der Waals surface area contributed by atoms with Gasteiger partial charge in [0.05, 0.1) is 12.1 Å². The van der Waals surface area contributed by atoms with Gasteiger partial charge in [-0.3, -0.25) is 0 Å². The van der Waals surface area contributed by atoms with Crippen LogP contribution in [0.2, 0.25) is 5.02 Å². The molecule has 1 aromatic heterocycles. The second kappa shape index (κ2) is 15.2. The minimum absolute atomic E-state index is 0. The van der Waals surface area contributed by atoms with Crippen molar-refractivity contribution in [1.82, 2.24) is 4.98 Å². The van der Waals surface area contributed by atoms with Crippen LogP contribution in [0.4, 0.5) is 0 Å². The number of hydrogen-bond acceptors (Lipinski definition) is 0. The van der Waals surface area contributed by atoms with Gasteiger partial charge >= 0.3 is 0 Å². The number of aromatic nitrogens is 2. The number of nitrogens with one attached hydrogen (secondary N) is 1. The van der Waals surface area contributed by atoms with E-state index in [9.17, 15) is 0 Å². The zero-order valence-electron chi connectivity index (χ0n) is 16.9. The molecule has 1 N–H and O–H groups in total. The van der Waals surface area contributed by atoms with Crippen LogP contribution in [0, 0.1) is 0 Å². The maximum Gasteiger partial charge on any atom is 0.286 e. The first-order chi connectivity index (χ1) is 12.8. The first-order valence-corrected chi connectivity index (χ1v) is 11.0. The molecule has 0 saturated carbocycles. The van der Waals surface area contributed by atoms with Crippen molar-refractivity contribution in [2.45, 2.75) is 90.5 Å². The minimum Gasteiger partial charge on any atom is -1.00 e. The molecule has 1 aromatic carbocycles. The number of nitrogens with zero attached hydrogens (tertiary/aromatic N) is 1. The van der Waals surface area contributed by atoms with Crippen LogP contribution in [-0.4, -0.2) is 4.98 Å². The van der Waals surface area contributed by atoms with Crippen LogP contribution in [0.25, 0.3) is 11.4 Å². The van der Waals surface area contributed by atoms with Crippen LogP contribution >= 0.6 is 11.6 Å². The fourth-order valence-electron chi connectivity index (χ4n) is 3.53. The van der Waals surface area contributed by atoms with E-state index in [0.717, 1.165) is 11.6 Å². The van der Waals surface area contributed by atoms with Crippen LogP contribution in [0.3, 0.4) is 0 Å². The Balaban J connectivity index is 0.00000364. The summed E-state index contributed by atoms with van der Waals surface area (Å²) >= 11 is 5.99. The fraction of sp³-hybridized carbons (Fsp3) is 0.609. The van der Waals surface area contributed by atoms with Crippen LogP contribution in [-0.2, 0) is 6.54 Å². The summed E-state index contributed by atoms with van der Waals surface area (Å²) in [6.07, 6.45) is 20.9. The van der Waals surface area contributed by atoms with Gasteiger partial charge in [-0.05, 0) is 37.1 Å². The summed E-state index contributed by atoms with van der Waals surface area (Å²) in [5, 5.41) is 0.785. The van der Waals surface area contributed by atoms with Crippen LogP contribution in [0.5, 0.6) is 0 Å².